The minimum atomic E-state index is -0.505. The van der Waals surface area contributed by atoms with Gasteiger partial charge in [-0.05, 0) is 42.0 Å². The molecule has 0 aliphatic carbocycles. The Morgan fingerprint density at radius 3 is 2.61 bits per heavy atom. The third-order valence-electron chi connectivity index (χ3n) is 5.47. The van der Waals surface area contributed by atoms with E-state index in [2.05, 4.69) is 25.4 Å². The number of benzene rings is 2. The molecule has 31 heavy (non-hydrogen) atoms. The predicted octanol–water partition coefficient (Wildman–Crippen LogP) is 3.04. The van der Waals surface area contributed by atoms with Crippen LogP contribution in [0.3, 0.4) is 0 Å². The lowest BCUT2D eigenvalue weighted by molar-refractivity contribution is 0.122. The van der Waals surface area contributed by atoms with Crippen molar-refractivity contribution in [3.63, 3.8) is 0 Å². The van der Waals surface area contributed by atoms with Crippen LogP contribution in [-0.2, 0) is 11.8 Å². The molecule has 2 N–H and O–H groups in total. The molecule has 0 atom stereocenters. The molecule has 1 fully saturated rings. The number of aryl methyl sites for hydroxylation is 1. The number of aromatic nitrogens is 4. The van der Waals surface area contributed by atoms with Crippen molar-refractivity contribution in [2.75, 3.05) is 36.5 Å². The molecule has 2 aromatic heterocycles. The molecule has 4 aromatic rings. The number of morpholine rings is 1. The monoisotopic (exact) mass is 420 g/mol. The summed E-state index contributed by atoms with van der Waals surface area (Å²) in [4.78, 5) is 19.4. The van der Waals surface area contributed by atoms with Crippen LogP contribution in [0.15, 0.2) is 53.6 Å². The molecule has 158 valence electrons. The molecule has 0 spiro atoms. The highest BCUT2D eigenvalue weighted by Gasteiger charge is 2.15. The third kappa shape index (κ3) is 3.64. The maximum absolute atomic E-state index is 14.9. The van der Waals surface area contributed by atoms with E-state index in [0.717, 1.165) is 24.3 Å². The van der Waals surface area contributed by atoms with Gasteiger partial charge < -0.3 is 19.5 Å². The normalized spacial score (nSPS) is 14.2. The lowest BCUT2D eigenvalue weighted by Gasteiger charge is -2.28. The zero-order valence-electron chi connectivity index (χ0n) is 16.9. The molecular weight excluding hydrogens is 399 g/mol. The minimum absolute atomic E-state index is 0.0732. The molecule has 9 heteroatoms. The van der Waals surface area contributed by atoms with Gasteiger partial charge in [-0.1, -0.05) is 0 Å². The molecule has 0 saturated carbocycles. The fourth-order valence-corrected chi connectivity index (χ4v) is 3.75. The summed E-state index contributed by atoms with van der Waals surface area (Å²) in [6, 6.07) is 10.9. The Hall–Kier alpha value is -3.72. The number of ether oxygens (including phenoxy) is 1. The van der Waals surface area contributed by atoms with Gasteiger partial charge in [0.15, 0.2) is 11.6 Å². The summed E-state index contributed by atoms with van der Waals surface area (Å²) in [7, 11) is 1.61. The Labute approximate surface area is 177 Å². The molecule has 0 radical (unpaired) electrons. The van der Waals surface area contributed by atoms with Gasteiger partial charge in [0.25, 0.3) is 5.56 Å². The summed E-state index contributed by atoms with van der Waals surface area (Å²) >= 11 is 0. The maximum atomic E-state index is 14.9. The SMILES string of the molecule is Cn1c(=O)c(Nc2ccc(N3CCOCC3)cc2)nc2c(F)cc(-c3cn[nH]c3)cc21. The number of H-pyrrole nitrogens is 1. The molecule has 5 rings (SSSR count). The van der Waals surface area contributed by atoms with Crippen LogP contribution >= 0.6 is 0 Å². The number of hydrogen-bond donors (Lipinski definition) is 2. The van der Waals surface area contributed by atoms with E-state index in [4.69, 9.17) is 4.74 Å². The van der Waals surface area contributed by atoms with Crippen molar-refractivity contribution in [2.45, 2.75) is 0 Å². The number of halogens is 1. The first-order valence-corrected chi connectivity index (χ1v) is 9.99. The summed E-state index contributed by atoms with van der Waals surface area (Å²) < 4.78 is 21.7. The first-order chi connectivity index (χ1) is 15.1. The van der Waals surface area contributed by atoms with Gasteiger partial charge in [-0.25, -0.2) is 9.37 Å². The molecular formula is C22H21FN6O2. The average molecular weight is 420 g/mol. The van der Waals surface area contributed by atoms with Crippen molar-refractivity contribution in [3.05, 3.63) is 65.0 Å². The van der Waals surface area contributed by atoms with Crippen LogP contribution < -0.4 is 15.8 Å². The van der Waals surface area contributed by atoms with Crippen molar-refractivity contribution < 1.29 is 9.13 Å². The van der Waals surface area contributed by atoms with Crippen LogP contribution in [0.25, 0.3) is 22.2 Å². The number of anilines is 3. The summed E-state index contributed by atoms with van der Waals surface area (Å²) in [6.07, 6.45) is 3.27. The van der Waals surface area contributed by atoms with Gasteiger partial charge in [0.2, 0.25) is 0 Å². The standard InChI is InChI=1S/C22H21FN6O2/c1-28-19-11-14(15-12-24-25-13-15)10-18(23)20(19)27-21(22(28)30)26-16-2-4-17(5-3-16)29-6-8-31-9-7-29/h2-5,10-13H,6-9H2,1H3,(H,24,25)(H,26,27). The summed E-state index contributed by atoms with van der Waals surface area (Å²) in [6.45, 7) is 3.12. The zero-order valence-corrected chi connectivity index (χ0v) is 16.9. The van der Waals surface area contributed by atoms with E-state index in [1.807, 2.05) is 24.3 Å². The molecule has 0 unspecified atom stereocenters. The highest BCUT2D eigenvalue weighted by atomic mass is 19.1. The van der Waals surface area contributed by atoms with E-state index >= 15 is 0 Å². The third-order valence-corrected chi connectivity index (χ3v) is 5.47. The average Bonchev–Trinajstić information content (AvgIpc) is 3.34. The number of nitrogens with zero attached hydrogens (tertiary/aromatic N) is 4. The summed E-state index contributed by atoms with van der Waals surface area (Å²) in [5, 5.41) is 9.64. The summed E-state index contributed by atoms with van der Waals surface area (Å²) in [5.74, 6) is -0.431. The van der Waals surface area contributed by atoms with E-state index in [1.165, 1.54) is 10.6 Å². The molecule has 1 aliphatic heterocycles. The van der Waals surface area contributed by atoms with Gasteiger partial charge in [-0.15, -0.1) is 0 Å². The molecule has 8 nitrogen and oxygen atoms in total. The molecule has 1 saturated heterocycles. The van der Waals surface area contributed by atoms with Gasteiger partial charge in [0, 0.05) is 43.3 Å². The Balaban J connectivity index is 1.47. The van der Waals surface area contributed by atoms with Crippen molar-refractivity contribution in [1.82, 2.24) is 19.7 Å². The predicted molar refractivity (Wildman–Crippen MR) is 117 cm³/mol. The Bertz CT molecular complexity index is 1280. The number of nitrogens with one attached hydrogen (secondary N) is 2. The van der Waals surface area contributed by atoms with E-state index in [0.29, 0.717) is 30.0 Å². The van der Waals surface area contributed by atoms with Crippen LogP contribution in [0.5, 0.6) is 0 Å². The van der Waals surface area contributed by atoms with Crippen molar-refractivity contribution in [1.29, 1.82) is 0 Å². The first kappa shape index (κ1) is 19.3. The fourth-order valence-electron chi connectivity index (χ4n) is 3.75. The largest absolute Gasteiger partial charge is 0.378 e. The Morgan fingerprint density at radius 2 is 1.90 bits per heavy atom. The molecule has 2 aromatic carbocycles. The number of fused-ring (bicyclic) bond motifs is 1. The van der Waals surface area contributed by atoms with Gasteiger partial charge in [-0.3, -0.25) is 9.89 Å². The number of hydrogen-bond acceptors (Lipinski definition) is 6. The highest BCUT2D eigenvalue weighted by molar-refractivity contribution is 5.83. The van der Waals surface area contributed by atoms with Crippen LogP contribution in [-0.4, -0.2) is 46.1 Å². The van der Waals surface area contributed by atoms with E-state index < -0.39 is 5.82 Å². The molecule has 3 heterocycles. The van der Waals surface area contributed by atoms with Crippen molar-refractivity contribution in [2.24, 2.45) is 7.05 Å². The smallest absolute Gasteiger partial charge is 0.293 e. The minimum Gasteiger partial charge on any atom is -0.378 e. The molecule has 0 bridgehead atoms. The molecule has 1 aliphatic rings. The second-order valence-electron chi connectivity index (χ2n) is 7.41. The lowest BCUT2D eigenvalue weighted by Crippen LogP contribution is -2.36. The Morgan fingerprint density at radius 1 is 1.13 bits per heavy atom. The van der Waals surface area contributed by atoms with Crippen molar-refractivity contribution in [3.8, 4) is 11.1 Å². The zero-order chi connectivity index (χ0) is 21.4. The number of aromatic amines is 1. The lowest BCUT2D eigenvalue weighted by atomic mass is 10.1. The summed E-state index contributed by atoms with van der Waals surface area (Å²) in [5.41, 5.74) is 3.35. The quantitative estimate of drug-likeness (QED) is 0.528. The van der Waals surface area contributed by atoms with Gasteiger partial charge in [0.05, 0.1) is 24.9 Å². The second kappa shape index (κ2) is 7.84. The molecule has 0 amide bonds. The second-order valence-corrected chi connectivity index (χ2v) is 7.41. The van der Waals surface area contributed by atoms with E-state index in [9.17, 15) is 9.18 Å². The van der Waals surface area contributed by atoms with E-state index in [1.54, 1.807) is 25.5 Å². The van der Waals surface area contributed by atoms with E-state index in [-0.39, 0.29) is 16.9 Å². The highest BCUT2D eigenvalue weighted by Crippen LogP contribution is 2.26. The van der Waals surface area contributed by atoms with Crippen LogP contribution in [0.4, 0.5) is 21.6 Å². The van der Waals surface area contributed by atoms with Gasteiger partial charge >= 0.3 is 0 Å². The van der Waals surface area contributed by atoms with Gasteiger partial charge in [0.1, 0.15) is 5.52 Å². The fraction of sp³-hybridized carbons (Fsp3) is 0.227. The van der Waals surface area contributed by atoms with Crippen LogP contribution in [0, 0.1) is 5.82 Å². The van der Waals surface area contributed by atoms with Crippen LogP contribution in [0.2, 0.25) is 0 Å². The maximum Gasteiger partial charge on any atom is 0.293 e. The van der Waals surface area contributed by atoms with Crippen LogP contribution in [0.1, 0.15) is 0 Å². The number of rotatable bonds is 4. The van der Waals surface area contributed by atoms with Crippen molar-refractivity contribution >= 4 is 28.2 Å². The topological polar surface area (TPSA) is 88.1 Å². The van der Waals surface area contributed by atoms with Gasteiger partial charge in [-0.2, -0.15) is 5.10 Å². The first-order valence-electron chi connectivity index (χ1n) is 9.99. The Kier molecular flexibility index (Phi) is 4.87.